The van der Waals surface area contributed by atoms with Crippen LogP contribution in [0.2, 0.25) is 0 Å². The zero-order valence-electron chi connectivity index (χ0n) is 9.34. The maximum atomic E-state index is 11.2. The fourth-order valence-corrected chi connectivity index (χ4v) is 1.49. The molecule has 7 heteroatoms. The van der Waals surface area contributed by atoms with Gasteiger partial charge in [-0.3, -0.25) is 0 Å². The first-order valence-electron chi connectivity index (χ1n) is 4.75. The minimum absolute atomic E-state index is 0.141. The average Bonchev–Trinajstić information content (AvgIpc) is 2.63. The van der Waals surface area contributed by atoms with Gasteiger partial charge in [-0.2, -0.15) is 10.2 Å². The van der Waals surface area contributed by atoms with Crippen LogP contribution in [0.5, 0.6) is 0 Å². The molecule has 1 aromatic heterocycles. The Bertz CT molecular complexity index is 500. The number of hydrogen-bond donors (Lipinski definition) is 0. The summed E-state index contributed by atoms with van der Waals surface area (Å²) in [6.07, 6.45) is 1.45. The molecular formula is C9H13N3O3S. The van der Waals surface area contributed by atoms with E-state index in [-0.39, 0.29) is 11.7 Å². The van der Waals surface area contributed by atoms with E-state index < -0.39 is 15.1 Å². The van der Waals surface area contributed by atoms with E-state index in [1.54, 1.807) is 6.92 Å². The van der Waals surface area contributed by atoms with Crippen molar-refractivity contribution in [1.29, 1.82) is 5.26 Å². The number of aromatic nitrogens is 2. The monoisotopic (exact) mass is 243 g/mol. The lowest BCUT2D eigenvalue weighted by atomic mass is 10.1. The van der Waals surface area contributed by atoms with Gasteiger partial charge in [0.15, 0.2) is 15.7 Å². The van der Waals surface area contributed by atoms with E-state index in [0.717, 1.165) is 6.26 Å². The van der Waals surface area contributed by atoms with Crippen LogP contribution < -0.4 is 0 Å². The molecule has 0 saturated heterocycles. The molecule has 6 nitrogen and oxygen atoms in total. The van der Waals surface area contributed by atoms with Gasteiger partial charge < -0.3 is 4.52 Å². The molecule has 0 amide bonds. The van der Waals surface area contributed by atoms with Crippen molar-refractivity contribution in [3.63, 3.8) is 0 Å². The van der Waals surface area contributed by atoms with Crippen LogP contribution in [0.15, 0.2) is 4.52 Å². The molecule has 1 rings (SSSR count). The molecule has 0 bridgehead atoms. The van der Waals surface area contributed by atoms with Crippen LogP contribution in [0.3, 0.4) is 0 Å². The molecule has 0 N–H and O–H groups in total. The number of hydrogen-bond acceptors (Lipinski definition) is 6. The van der Waals surface area contributed by atoms with Crippen molar-refractivity contribution in [2.75, 3.05) is 6.26 Å². The van der Waals surface area contributed by atoms with E-state index in [0.29, 0.717) is 12.3 Å². The third-order valence-electron chi connectivity index (χ3n) is 2.19. The molecule has 0 spiro atoms. The molecule has 88 valence electrons. The Balaban J connectivity index is 2.84. The van der Waals surface area contributed by atoms with E-state index in [1.165, 1.54) is 6.92 Å². The Morgan fingerprint density at radius 1 is 1.50 bits per heavy atom. The second-order valence-electron chi connectivity index (χ2n) is 3.75. The van der Waals surface area contributed by atoms with Crippen molar-refractivity contribution in [2.24, 2.45) is 5.92 Å². The molecule has 0 aliphatic heterocycles. The Kier molecular flexibility index (Phi) is 3.65. The van der Waals surface area contributed by atoms with E-state index in [4.69, 9.17) is 9.78 Å². The van der Waals surface area contributed by atoms with Crippen molar-refractivity contribution in [2.45, 2.75) is 25.5 Å². The molecule has 0 aliphatic rings. The number of rotatable bonds is 4. The summed E-state index contributed by atoms with van der Waals surface area (Å²) in [5.74, 6) is 0.198. The van der Waals surface area contributed by atoms with Crippen LogP contribution in [0.1, 0.15) is 30.8 Å². The van der Waals surface area contributed by atoms with Gasteiger partial charge in [0, 0.05) is 12.7 Å². The Labute approximate surface area is 94.2 Å². The maximum Gasteiger partial charge on any atom is 0.227 e. The number of nitrogens with zero attached hydrogens (tertiary/aromatic N) is 3. The summed E-state index contributed by atoms with van der Waals surface area (Å²) < 4.78 is 27.4. The van der Waals surface area contributed by atoms with Gasteiger partial charge in [-0.15, -0.1) is 0 Å². The van der Waals surface area contributed by atoms with Crippen molar-refractivity contribution in [3.05, 3.63) is 11.7 Å². The van der Waals surface area contributed by atoms with E-state index >= 15 is 0 Å². The third-order valence-corrected chi connectivity index (χ3v) is 3.69. The standard InChI is InChI=1S/C9H13N3O3S/c1-6(5-10)4-8-11-9(12-15-8)7(2)16(3,13)14/h6-7H,4H2,1-3H3. The largest absolute Gasteiger partial charge is 0.339 e. The first-order valence-corrected chi connectivity index (χ1v) is 6.71. The van der Waals surface area contributed by atoms with Gasteiger partial charge in [-0.25, -0.2) is 8.42 Å². The van der Waals surface area contributed by atoms with Gasteiger partial charge >= 0.3 is 0 Å². The lowest BCUT2D eigenvalue weighted by Gasteiger charge is -2.01. The summed E-state index contributed by atoms with van der Waals surface area (Å²) in [5, 5.41) is 11.4. The van der Waals surface area contributed by atoms with Gasteiger partial charge in [0.25, 0.3) is 0 Å². The molecule has 16 heavy (non-hydrogen) atoms. The van der Waals surface area contributed by atoms with Gasteiger partial charge in [0.1, 0.15) is 5.25 Å². The number of nitriles is 1. The first-order chi connectivity index (χ1) is 7.34. The van der Waals surface area contributed by atoms with E-state index in [2.05, 4.69) is 10.1 Å². The zero-order valence-corrected chi connectivity index (χ0v) is 10.2. The molecule has 0 saturated carbocycles. The predicted octanol–water partition coefficient (Wildman–Crippen LogP) is 0.877. The zero-order chi connectivity index (χ0) is 12.3. The average molecular weight is 243 g/mol. The fraction of sp³-hybridized carbons (Fsp3) is 0.667. The summed E-state index contributed by atoms with van der Waals surface area (Å²) in [5.41, 5.74) is 0. The molecular weight excluding hydrogens is 230 g/mol. The molecule has 0 aliphatic carbocycles. The van der Waals surface area contributed by atoms with Crippen molar-refractivity contribution in [1.82, 2.24) is 10.1 Å². The molecule has 1 aromatic rings. The van der Waals surface area contributed by atoms with Gasteiger partial charge in [-0.1, -0.05) is 5.16 Å². The van der Waals surface area contributed by atoms with Crippen LogP contribution in [0.25, 0.3) is 0 Å². The fourth-order valence-electron chi connectivity index (χ4n) is 1.02. The highest BCUT2D eigenvalue weighted by Crippen LogP contribution is 2.18. The van der Waals surface area contributed by atoms with Crippen molar-refractivity contribution >= 4 is 9.84 Å². The minimum atomic E-state index is -3.23. The topological polar surface area (TPSA) is 96.8 Å². The highest BCUT2D eigenvalue weighted by atomic mass is 32.2. The van der Waals surface area contributed by atoms with Crippen LogP contribution in [0.4, 0.5) is 0 Å². The van der Waals surface area contributed by atoms with E-state index in [1.807, 2.05) is 6.07 Å². The minimum Gasteiger partial charge on any atom is -0.339 e. The lowest BCUT2D eigenvalue weighted by molar-refractivity contribution is 0.364. The molecule has 0 aromatic carbocycles. The van der Waals surface area contributed by atoms with Crippen LogP contribution in [0, 0.1) is 17.2 Å². The normalized spacial score (nSPS) is 15.4. The predicted molar refractivity (Wildman–Crippen MR) is 56.0 cm³/mol. The molecule has 1 heterocycles. The third kappa shape index (κ3) is 3.03. The molecule has 2 atom stereocenters. The quantitative estimate of drug-likeness (QED) is 0.778. The second kappa shape index (κ2) is 4.61. The summed E-state index contributed by atoms with van der Waals surface area (Å²) in [6.45, 7) is 3.22. The first kappa shape index (κ1) is 12.6. The molecule has 0 radical (unpaired) electrons. The highest BCUT2D eigenvalue weighted by Gasteiger charge is 2.23. The Hall–Kier alpha value is -1.42. The van der Waals surface area contributed by atoms with Crippen LogP contribution in [-0.2, 0) is 16.3 Å². The smallest absolute Gasteiger partial charge is 0.227 e. The van der Waals surface area contributed by atoms with Crippen molar-refractivity contribution < 1.29 is 12.9 Å². The summed E-state index contributed by atoms with van der Waals surface area (Å²) in [4.78, 5) is 3.96. The van der Waals surface area contributed by atoms with Gasteiger partial charge in [0.05, 0.1) is 12.0 Å². The van der Waals surface area contributed by atoms with Gasteiger partial charge in [0.2, 0.25) is 5.89 Å². The summed E-state index contributed by atoms with van der Waals surface area (Å²) >= 11 is 0. The number of sulfone groups is 1. The summed E-state index contributed by atoms with van der Waals surface area (Å²) in [6, 6.07) is 2.04. The van der Waals surface area contributed by atoms with Gasteiger partial charge in [-0.05, 0) is 13.8 Å². The summed E-state index contributed by atoms with van der Waals surface area (Å²) in [7, 11) is -3.23. The lowest BCUT2D eigenvalue weighted by Crippen LogP contribution is -2.09. The Morgan fingerprint density at radius 2 is 2.12 bits per heavy atom. The molecule has 2 unspecified atom stereocenters. The van der Waals surface area contributed by atoms with Crippen molar-refractivity contribution in [3.8, 4) is 6.07 Å². The van der Waals surface area contributed by atoms with Crippen LogP contribution >= 0.6 is 0 Å². The molecule has 0 fully saturated rings. The Morgan fingerprint density at radius 3 is 2.62 bits per heavy atom. The SMILES string of the molecule is CC(C#N)Cc1nc(C(C)S(C)(=O)=O)no1. The van der Waals surface area contributed by atoms with Crippen LogP contribution in [-0.4, -0.2) is 24.8 Å². The van der Waals surface area contributed by atoms with E-state index in [9.17, 15) is 8.42 Å². The second-order valence-corrected chi connectivity index (χ2v) is 6.12. The highest BCUT2D eigenvalue weighted by molar-refractivity contribution is 7.90. The maximum absolute atomic E-state index is 11.2.